The van der Waals surface area contributed by atoms with E-state index in [9.17, 15) is 9.59 Å². The van der Waals surface area contributed by atoms with Gasteiger partial charge in [-0.2, -0.15) is 0 Å². The summed E-state index contributed by atoms with van der Waals surface area (Å²) < 4.78 is 0. The molecule has 0 aromatic carbocycles. The second kappa shape index (κ2) is 7.42. The van der Waals surface area contributed by atoms with Crippen LogP contribution in [0, 0.1) is 0 Å². The molecular formula is C9H18O7. The van der Waals surface area contributed by atoms with Crippen LogP contribution < -0.4 is 0 Å². The normalized spacial score (nSPS) is 17.9. The zero-order valence-electron chi connectivity index (χ0n) is 8.07. The van der Waals surface area contributed by atoms with Gasteiger partial charge < -0.3 is 25.5 Å². The Bertz CT molecular complexity index is 240. The monoisotopic (exact) mass is 238 g/mol. The van der Waals surface area contributed by atoms with Crippen LogP contribution in [0.3, 0.4) is 0 Å². The molecule has 0 spiro atoms. The molecule has 7 nitrogen and oxygen atoms in total. The van der Waals surface area contributed by atoms with Gasteiger partial charge in [-0.3, -0.25) is 9.59 Å². The lowest BCUT2D eigenvalue weighted by atomic mass is 9.99. The third-order valence-corrected chi connectivity index (χ3v) is 1.87. The fourth-order valence-corrected chi connectivity index (χ4v) is 0.886. The van der Waals surface area contributed by atoms with Crippen LogP contribution in [-0.2, 0) is 9.59 Å². The predicted molar refractivity (Wildman–Crippen MR) is 53.5 cm³/mol. The number of aliphatic hydroxyl groups excluding tert-OH is 5. The van der Waals surface area contributed by atoms with Crippen molar-refractivity contribution in [3.05, 3.63) is 0 Å². The summed E-state index contributed by atoms with van der Waals surface area (Å²) in [5, 5.41) is 44.7. The highest BCUT2D eigenvalue weighted by molar-refractivity contribution is 6.38. The van der Waals surface area contributed by atoms with Crippen molar-refractivity contribution in [3.8, 4) is 0 Å². The molecule has 16 heavy (non-hydrogen) atoms. The first-order chi connectivity index (χ1) is 6.82. The van der Waals surface area contributed by atoms with Crippen molar-refractivity contribution in [3.63, 3.8) is 0 Å². The summed E-state index contributed by atoms with van der Waals surface area (Å²) in [5.41, 5.74) is 0. The van der Waals surface area contributed by atoms with Gasteiger partial charge in [-0.25, -0.2) is 0 Å². The zero-order chi connectivity index (χ0) is 12.2. The molecule has 0 aliphatic carbocycles. The van der Waals surface area contributed by atoms with Gasteiger partial charge in [0.25, 0.3) is 0 Å². The minimum Gasteiger partial charge on any atom is -0.394 e. The van der Waals surface area contributed by atoms with Crippen LogP contribution in [0.4, 0.5) is 0 Å². The van der Waals surface area contributed by atoms with E-state index >= 15 is 0 Å². The van der Waals surface area contributed by atoms with Gasteiger partial charge in [0, 0.05) is 6.92 Å². The Morgan fingerprint density at radius 2 is 1.50 bits per heavy atom. The van der Waals surface area contributed by atoms with E-state index in [-0.39, 0.29) is 7.43 Å². The van der Waals surface area contributed by atoms with Crippen molar-refractivity contribution < 1.29 is 35.1 Å². The van der Waals surface area contributed by atoms with E-state index in [4.69, 9.17) is 25.5 Å². The van der Waals surface area contributed by atoms with Crippen LogP contribution in [0.25, 0.3) is 0 Å². The lowest BCUT2D eigenvalue weighted by molar-refractivity contribution is -0.153. The van der Waals surface area contributed by atoms with E-state index in [1.807, 2.05) is 0 Å². The number of hydrogen-bond acceptors (Lipinski definition) is 7. The molecule has 0 aliphatic heterocycles. The van der Waals surface area contributed by atoms with Crippen LogP contribution in [-0.4, -0.2) is 68.1 Å². The summed E-state index contributed by atoms with van der Waals surface area (Å²) in [6.07, 6.45) is -7.75. The Labute approximate surface area is 93.0 Å². The molecule has 0 heterocycles. The molecule has 0 amide bonds. The van der Waals surface area contributed by atoms with Crippen LogP contribution in [0.2, 0.25) is 0 Å². The zero-order valence-corrected chi connectivity index (χ0v) is 8.07. The molecule has 0 aromatic rings. The minimum absolute atomic E-state index is 0. The number of ketones is 2. The van der Waals surface area contributed by atoms with Crippen molar-refractivity contribution in [2.24, 2.45) is 0 Å². The lowest BCUT2D eigenvalue weighted by Gasteiger charge is -2.24. The molecule has 0 rings (SSSR count). The summed E-state index contributed by atoms with van der Waals surface area (Å²) in [6, 6.07) is 0. The first-order valence-corrected chi connectivity index (χ1v) is 4.20. The van der Waals surface area contributed by atoms with Crippen LogP contribution in [0.5, 0.6) is 0 Å². The van der Waals surface area contributed by atoms with Crippen molar-refractivity contribution in [2.45, 2.75) is 38.8 Å². The van der Waals surface area contributed by atoms with E-state index in [0.29, 0.717) is 0 Å². The molecule has 0 bridgehead atoms. The number of aliphatic hydroxyl groups is 5. The Kier molecular flexibility index (Phi) is 8.13. The van der Waals surface area contributed by atoms with Gasteiger partial charge in [0.1, 0.15) is 24.4 Å². The van der Waals surface area contributed by atoms with Gasteiger partial charge in [0.2, 0.25) is 5.78 Å². The minimum atomic E-state index is -2.11. The summed E-state index contributed by atoms with van der Waals surface area (Å²) >= 11 is 0. The number of Topliss-reactive ketones (excluding diaryl/α,β-unsaturated/α-hetero) is 2. The third-order valence-electron chi connectivity index (χ3n) is 1.87. The number of hydrogen-bond donors (Lipinski definition) is 5. The molecule has 4 atom stereocenters. The summed E-state index contributed by atoms with van der Waals surface area (Å²) in [7, 11) is 0. The average molecular weight is 238 g/mol. The maximum Gasteiger partial charge on any atom is 0.229 e. The lowest BCUT2D eigenvalue weighted by Crippen LogP contribution is -2.49. The highest BCUT2D eigenvalue weighted by Gasteiger charge is 2.35. The first kappa shape index (κ1) is 17.5. The second-order valence-corrected chi connectivity index (χ2v) is 3.10. The van der Waals surface area contributed by atoms with Gasteiger partial charge in [-0.15, -0.1) is 0 Å². The molecule has 0 saturated carbocycles. The molecule has 0 aromatic heterocycles. The Morgan fingerprint density at radius 1 is 1.06 bits per heavy atom. The molecule has 0 fully saturated rings. The van der Waals surface area contributed by atoms with Crippen LogP contribution in [0.15, 0.2) is 0 Å². The second-order valence-electron chi connectivity index (χ2n) is 3.10. The predicted octanol–water partition coefficient (Wildman–Crippen LogP) is -2.78. The topological polar surface area (TPSA) is 135 Å². The van der Waals surface area contributed by atoms with E-state index in [1.54, 1.807) is 0 Å². The average Bonchev–Trinajstić information content (AvgIpc) is 2.23. The van der Waals surface area contributed by atoms with Gasteiger partial charge >= 0.3 is 0 Å². The van der Waals surface area contributed by atoms with Crippen molar-refractivity contribution >= 4 is 11.6 Å². The maximum absolute atomic E-state index is 10.9. The fourth-order valence-electron chi connectivity index (χ4n) is 0.886. The van der Waals surface area contributed by atoms with E-state index < -0.39 is 42.6 Å². The Balaban J connectivity index is 0. The van der Waals surface area contributed by atoms with Gasteiger partial charge in [-0.05, 0) is 0 Å². The molecule has 5 N–H and O–H groups in total. The smallest absolute Gasteiger partial charge is 0.229 e. The van der Waals surface area contributed by atoms with Crippen LogP contribution in [0.1, 0.15) is 14.4 Å². The molecule has 0 aliphatic rings. The standard InChI is InChI=1S/C8H14O7.CH4/c1-3(10)5(12)7(14)8(15)6(13)4(11)2-9;/h4,6-9,11,13-15H,2H2,1H3;1H4. The number of carbonyl (C=O) groups is 2. The number of rotatable bonds is 6. The van der Waals surface area contributed by atoms with Gasteiger partial charge in [0.05, 0.1) is 6.61 Å². The summed E-state index contributed by atoms with van der Waals surface area (Å²) in [5.74, 6) is -2.25. The highest BCUT2D eigenvalue weighted by atomic mass is 16.4. The van der Waals surface area contributed by atoms with Gasteiger partial charge in [0.15, 0.2) is 5.78 Å². The summed E-state index contributed by atoms with van der Waals surface area (Å²) in [4.78, 5) is 21.4. The molecule has 4 unspecified atom stereocenters. The molecule has 7 heteroatoms. The molecule has 96 valence electrons. The van der Waals surface area contributed by atoms with Crippen LogP contribution >= 0.6 is 0 Å². The third kappa shape index (κ3) is 4.33. The van der Waals surface area contributed by atoms with Crippen molar-refractivity contribution in [1.82, 2.24) is 0 Å². The largest absolute Gasteiger partial charge is 0.394 e. The quantitative estimate of drug-likeness (QED) is 0.316. The molecular weight excluding hydrogens is 220 g/mol. The highest BCUT2D eigenvalue weighted by Crippen LogP contribution is 2.06. The first-order valence-electron chi connectivity index (χ1n) is 4.20. The van der Waals surface area contributed by atoms with Gasteiger partial charge in [-0.1, -0.05) is 7.43 Å². The fraction of sp³-hybridized carbons (Fsp3) is 0.778. The van der Waals surface area contributed by atoms with E-state index in [0.717, 1.165) is 6.92 Å². The summed E-state index contributed by atoms with van der Waals surface area (Å²) in [6.45, 7) is 0.0480. The molecule has 0 radical (unpaired) electrons. The molecule has 0 saturated heterocycles. The van der Waals surface area contributed by atoms with E-state index in [2.05, 4.69) is 0 Å². The van der Waals surface area contributed by atoms with Crippen molar-refractivity contribution in [2.75, 3.05) is 6.61 Å². The SMILES string of the molecule is C.CC(=O)C(=O)C(O)C(O)C(O)C(O)CO. The Morgan fingerprint density at radius 3 is 1.81 bits per heavy atom. The number of carbonyl (C=O) groups excluding carboxylic acids is 2. The van der Waals surface area contributed by atoms with E-state index in [1.165, 1.54) is 0 Å². The van der Waals surface area contributed by atoms with Crippen molar-refractivity contribution in [1.29, 1.82) is 0 Å². The Hall–Kier alpha value is -0.860. The maximum atomic E-state index is 10.9.